The summed E-state index contributed by atoms with van der Waals surface area (Å²) in [5, 5.41) is 6.10. The molecule has 0 spiro atoms. The quantitative estimate of drug-likeness (QED) is 0.365. The highest BCUT2D eigenvalue weighted by Crippen LogP contribution is 2.30. The van der Waals surface area contributed by atoms with Gasteiger partial charge < -0.3 is 24.8 Å². The number of benzene rings is 1. The number of carbonyl (C=O) groups excluding carboxylic acids is 3. The first kappa shape index (κ1) is 29.8. The molecule has 0 radical (unpaired) electrons. The van der Waals surface area contributed by atoms with Gasteiger partial charge in [0, 0.05) is 38.1 Å². The van der Waals surface area contributed by atoms with E-state index in [1.807, 2.05) is 63.7 Å². The normalized spacial score (nSPS) is 19.0. The Hall–Kier alpha value is -3.72. The second-order valence-corrected chi connectivity index (χ2v) is 11.8. The molecule has 1 aliphatic carbocycles. The highest BCUT2D eigenvalue weighted by Gasteiger charge is 2.39. The van der Waals surface area contributed by atoms with Gasteiger partial charge in [-0.2, -0.15) is 0 Å². The fourth-order valence-electron chi connectivity index (χ4n) is 6.39. The Labute approximate surface area is 248 Å². The predicted molar refractivity (Wildman–Crippen MR) is 163 cm³/mol. The van der Waals surface area contributed by atoms with Crippen LogP contribution in [0.3, 0.4) is 0 Å². The number of likely N-dealkylation sites (N-methyl/N-ethyl adjacent to an activating group) is 1. The van der Waals surface area contributed by atoms with Gasteiger partial charge in [0.2, 0.25) is 11.8 Å². The Balaban J connectivity index is 1.36. The lowest BCUT2D eigenvalue weighted by Gasteiger charge is -2.37. The summed E-state index contributed by atoms with van der Waals surface area (Å²) >= 11 is 0. The van der Waals surface area contributed by atoms with Gasteiger partial charge in [-0.25, -0.2) is 4.98 Å². The molecular formula is C33H44N6O3. The molecule has 0 unspecified atom stereocenters. The number of hydrogen-bond acceptors (Lipinski definition) is 5. The van der Waals surface area contributed by atoms with Crippen molar-refractivity contribution in [1.82, 2.24) is 29.8 Å². The molecule has 1 aliphatic heterocycles. The Kier molecular flexibility index (Phi) is 9.89. The van der Waals surface area contributed by atoms with Gasteiger partial charge in [0.05, 0.1) is 6.04 Å². The van der Waals surface area contributed by atoms with Gasteiger partial charge in [0.15, 0.2) is 0 Å². The van der Waals surface area contributed by atoms with E-state index in [1.54, 1.807) is 13.2 Å². The summed E-state index contributed by atoms with van der Waals surface area (Å²) in [6.07, 6.45) is 11.3. The van der Waals surface area contributed by atoms with Crippen molar-refractivity contribution in [2.24, 2.45) is 5.92 Å². The molecule has 2 aromatic heterocycles. The SMILES string of the molecule is CN[C@@H](C)C(=O)N[C@H](C(=O)N1CCC[C@H]1CN(CCc1ccccc1)C(=O)c1cn2ccccc2n1)C1CCCCC1. The van der Waals surface area contributed by atoms with Crippen molar-refractivity contribution in [2.45, 2.75) is 76.4 Å². The van der Waals surface area contributed by atoms with Crippen LogP contribution in [0, 0.1) is 5.92 Å². The highest BCUT2D eigenvalue weighted by molar-refractivity contribution is 5.93. The number of carbonyl (C=O) groups is 3. The molecule has 1 saturated carbocycles. The zero-order chi connectivity index (χ0) is 29.5. The Bertz CT molecular complexity index is 1320. The van der Waals surface area contributed by atoms with Crippen molar-refractivity contribution in [1.29, 1.82) is 0 Å². The van der Waals surface area contributed by atoms with Gasteiger partial charge in [-0.1, -0.05) is 55.7 Å². The minimum absolute atomic E-state index is 0.00996. The monoisotopic (exact) mass is 572 g/mol. The maximum Gasteiger partial charge on any atom is 0.274 e. The number of likely N-dealkylation sites (tertiary alicyclic amines) is 1. The molecule has 9 heteroatoms. The van der Waals surface area contributed by atoms with Crippen molar-refractivity contribution in [3.8, 4) is 0 Å². The largest absolute Gasteiger partial charge is 0.343 e. The minimum Gasteiger partial charge on any atom is -0.343 e. The first-order valence-electron chi connectivity index (χ1n) is 15.5. The number of aromatic nitrogens is 2. The van der Waals surface area contributed by atoms with Crippen molar-refractivity contribution in [3.05, 3.63) is 72.2 Å². The summed E-state index contributed by atoms with van der Waals surface area (Å²) in [5.74, 6) is -0.156. The van der Waals surface area contributed by atoms with Gasteiger partial charge in [-0.3, -0.25) is 14.4 Å². The standard InChI is InChI=1S/C33H44N6O3/c1-24(34-2)31(40)36-30(26-14-7-4-8-15-26)33(42)39-20-11-16-27(39)22-38(21-18-25-12-5-3-6-13-25)32(41)28-23-37-19-10-9-17-29(37)35-28/h3,5-6,9-10,12-13,17,19,23-24,26-27,30,34H,4,7-8,11,14-16,18,20-22H2,1-2H3,(H,36,40)/t24-,27-,30-/m0/s1. The van der Waals surface area contributed by atoms with Gasteiger partial charge in [-0.05, 0) is 69.7 Å². The van der Waals surface area contributed by atoms with Crippen LogP contribution in [0.2, 0.25) is 0 Å². The molecule has 1 aromatic carbocycles. The summed E-state index contributed by atoms with van der Waals surface area (Å²) in [6, 6.07) is 14.8. The number of imidazole rings is 1. The first-order valence-corrected chi connectivity index (χ1v) is 15.5. The zero-order valence-electron chi connectivity index (χ0n) is 24.9. The molecule has 2 fully saturated rings. The van der Waals surface area contributed by atoms with E-state index in [1.165, 1.54) is 6.42 Å². The average Bonchev–Trinajstić information content (AvgIpc) is 3.69. The third kappa shape index (κ3) is 7.01. The molecule has 0 bridgehead atoms. The van der Waals surface area contributed by atoms with Crippen molar-refractivity contribution >= 4 is 23.4 Å². The molecule has 42 heavy (non-hydrogen) atoms. The van der Waals surface area contributed by atoms with E-state index >= 15 is 0 Å². The number of fused-ring (bicyclic) bond motifs is 1. The van der Waals surface area contributed by atoms with E-state index in [2.05, 4.69) is 27.8 Å². The van der Waals surface area contributed by atoms with Crippen LogP contribution in [0.4, 0.5) is 0 Å². The number of hydrogen-bond donors (Lipinski definition) is 2. The Morgan fingerprint density at radius 1 is 1.00 bits per heavy atom. The van der Waals surface area contributed by atoms with E-state index < -0.39 is 6.04 Å². The summed E-state index contributed by atoms with van der Waals surface area (Å²) in [6.45, 7) is 3.41. The molecule has 3 amide bonds. The van der Waals surface area contributed by atoms with E-state index in [4.69, 9.17) is 0 Å². The maximum absolute atomic E-state index is 14.2. The second kappa shape index (κ2) is 14.0. The van der Waals surface area contributed by atoms with Gasteiger partial charge in [0.25, 0.3) is 5.91 Å². The molecule has 3 aromatic rings. The van der Waals surface area contributed by atoms with Crippen LogP contribution in [-0.2, 0) is 16.0 Å². The Morgan fingerprint density at radius 2 is 1.76 bits per heavy atom. The molecule has 3 atom stereocenters. The van der Waals surface area contributed by atoms with Crippen LogP contribution in [0.1, 0.15) is 67.9 Å². The molecule has 224 valence electrons. The summed E-state index contributed by atoms with van der Waals surface area (Å²) < 4.78 is 1.86. The lowest BCUT2D eigenvalue weighted by molar-refractivity contribution is -0.139. The predicted octanol–water partition coefficient (Wildman–Crippen LogP) is 3.68. The fraction of sp³-hybridized carbons (Fsp3) is 0.515. The van der Waals surface area contributed by atoms with Crippen LogP contribution in [0.5, 0.6) is 0 Å². The van der Waals surface area contributed by atoms with Crippen molar-refractivity contribution in [3.63, 3.8) is 0 Å². The third-order valence-corrected chi connectivity index (χ3v) is 8.99. The fourth-order valence-corrected chi connectivity index (χ4v) is 6.39. The zero-order valence-corrected chi connectivity index (χ0v) is 24.9. The summed E-state index contributed by atoms with van der Waals surface area (Å²) in [4.78, 5) is 49.5. The third-order valence-electron chi connectivity index (χ3n) is 8.99. The van der Waals surface area contributed by atoms with E-state index in [0.29, 0.717) is 31.7 Å². The van der Waals surface area contributed by atoms with Crippen LogP contribution >= 0.6 is 0 Å². The van der Waals surface area contributed by atoms with Crippen LogP contribution < -0.4 is 10.6 Å². The molecule has 3 heterocycles. The Morgan fingerprint density at radius 3 is 2.50 bits per heavy atom. The van der Waals surface area contributed by atoms with Gasteiger partial charge >= 0.3 is 0 Å². The van der Waals surface area contributed by atoms with Gasteiger partial charge in [0.1, 0.15) is 17.4 Å². The highest BCUT2D eigenvalue weighted by atomic mass is 16.2. The maximum atomic E-state index is 14.2. The van der Waals surface area contributed by atoms with Crippen molar-refractivity contribution < 1.29 is 14.4 Å². The molecule has 5 rings (SSSR count). The minimum atomic E-state index is -0.541. The van der Waals surface area contributed by atoms with E-state index in [9.17, 15) is 14.4 Å². The summed E-state index contributed by atoms with van der Waals surface area (Å²) in [5.41, 5.74) is 2.28. The molecular weight excluding hydrogens is 528 g/mol. The summed E-state index contributed by atoms with van der Waals surface area (Å²) in [7, 11) is 1.75. The number of nitrogens with one attached hydrogen (secondary N) is 2. The van der Waals surface area contributed by atoms with Crippen molar-refractivity contribution in [2.75, 3.05) is 26.7 Å². The molecule has 9 nitrogen and oxygen atoms in total. The number of rotatable bonds is 11. The molecule has 2 aliphatic rings. The van der Waals surface area contributed by atoms with Crippen LogP contribution in [0.15, 0.2) is 60.9 Å². The van der Waals surface area contributed by atoms with Gasteiger partial charge in [-0.15, -0.1) is 0 Å². The first-order chi connectivity index (χ1) is 20.4. The number of amides is 3. The molecule has 1 saturated heterocycles. The topological polar surface area (TPSA) is 99.0 Å². The second-order valence-electron chi connectivity index (χ2n) is 11.8. The van der Waals surface area contributed by atoms with E-state index in [0.717, 1.165) is 49.7 Å². The lowest BCUT2D eigenvalue weighted by Crippen LogP contribution is -2.57. The van der Waals surface area contributed by atoms with Crippen LogP contribution in [0.25, 0.3) is 5.65 Å². The van der Waals surface area contributed by atoms with E-state index in [-0.39, 0.29) is 35.7 Å². The number of nitrogens with zero attached hydrogens (tertiary/aromatic N) is 4. The average molecular weight is 573 g/mol. The lowest BCUT2D eigenvalue weighted by atomic mass is 9.83. The van der Waals surface area contributed by atoms with Crippen LogP contribution in [-0.4, -0.2) is 81.7 Å². The molecule has 2 N–H and O–H groups in total. The smallest absolute Gasteiger partial charge is 0.274 e. The number of pyridine rings is 1.